The van der Waals surface area contributed by atoms with Crippen molar-refractivity contribution in [2.45, 2.75) is 37.0 Å². The topological polar surface area (TPSA) is 120 Å². The summed E-state index contributed by atoms with van der Waals surface area (Å²) in [6, 6.07) is 17.9. The lowest BCUT2D eigenvalue weighted by Crippen LogP contribution is -2.37. The Hall–Kier alpha value is -4.67. The largest absolute Gasteiger partial charge is 0.459 e. The minimum Gasteiger partial charge on any atom is -0.459 e. The molecule has 14 heteroatoms. The lowest BCUT2D eigenvalue weighted by atomic mass is 10.1. The van der Waals surface area contributed by atoms with Crippen molar-refractivity contribution >= 4 is 40.3 Å². The van der Waals surface area contributed by atoms with Crippen LogP contribution in [0.3, 0.4) is 0 Å². The molecule has 0 amide bonds. The van der Waals surface area contributed by atoms with Crippen molar-refractivity contribution in [2.75, 3.05) is 24.6 Å². The number of nitriles is 1. The van der Waals surface area contributed by atoms with Crippen LogP contribution in [0.4, 0.5) is 18.9 Å². The van der Waals surface area contributed by atoms with E-state index >= 15 is 4.39 Å². The molecule has 0 spiro atoms. The fraction of sp³-hybridized carbons (Fsp3) is 0.300. The van der Waals surface area contributed by atoms with Gasteiger partial charge in [0.15, 0.2) is 29.3 Å². The number of rotatable bonds is 7. The van der Waals surface area contributed by atoms with E-state index in [1.165, 1.54) is 23.2 Å². The molecule has 2 aromatic heterocycles. The second-order valence-corrected chi connectivity index (χ2v) is 10.7. The van der Waals surface area contributed by atoms with E-state index < -0.39 is 62.0 Å². The van der Waals surface area contributed by atoms with Crippen molar-refractivity contribution in [1.82, 2.24) is 14.8 Å². The molecule has 0 radical (unpaired) electrons. The van der Waals surface area contributed by atoms with Crippen LogP contribution in [0, 0.1) is 11.3 Å². The van der Waals surface area contributed by atoms with Gasteiger partial charge in [0.2, 0.25) is 0 Å². The number of carbonyl (C=O) groups excluding carboxylic acids is 2. The van der Waals surface area contributed by atoms with E-state index in [1.54, 1.807) is 48.5 Å². The van der Waals surface area contributed by atoms with Crippen LogP contribution in [0.2, 0.25) is 5.15 Å². The first-order chi connectivity index (χ1) is 21.2. The van der Waals surface area contributed by atoms with E-state index in [0.29, 0.717) is 0 Å². The normalized spacial score (nSPS) is 22.6. The third-order valence-corrected chi connectivity index (χ3v) is 7.69. The summed E-state index contributed by atoms with van der Waals surface area (Å²) in [5, 5.41) is 13.9. The molecule has 0 N–H and O–H groups in total. The molecule has 4 aromatic rings. The zero-order valence-electron chi connectivity index (χ0n) is 22.8. The van der Waals surface area contributed by atoms with Gasteiger partial charge in [-0.15, -0.1) is 0 Å². The van der Waals surface area contributed by atoms with Gasteiger partial charge in [0.1, 0.15) is 24.3 Å². The Labute approximate surface area is 253 Å². The summed E-state index contributed by atoms with van der Waals surface area (Å²) in [6.45, 7) is -1.18. The number of nitrogens with zero attached hydrogens (tertiary/aromatic N) is 5. The van der Waals surface area contributed by atoms with Crippen LogP contribution in [-0.2, 0) is 14.2 Å². The molecule has 2 aromatic carbocycles. The number of carbonyl (C=O) groups is 2. The Balaban J connectivity index is 1.33. The number of esters is 2. The van der Waals surface area contributed by atoms with Gasteiger partial charge in [0.05, 0.1) is 34.9 Å². The van der Waals surface area contributed by atoms with Crippen molar-refractivity contribution in [3.63, 3.8) is 0 Å². The van der Waals surface area contributed by atoms with Gasteiger partial charge in [0, 0.05) is 13.0 Å². The lowest BCUT2D eigenvalue weighted by molar-refractivity contribution is -0.0601. The number of aromatic nitrogens is 3. The van der Waals surface area contributed by atoms with E-state index in [9.17, 15) is 23.6 Å². The monoisotopic (exact) mass is 625 g/mol. The summed E-state index contributed by atoms with van der Waals surface area (Å²) in [5.74, 6) is -4.51. The second-order valence-electron chi connectivity index (χ2n) is 10.3. The Bertz CT molecular complexity index is 1750. The second kappa shape index (κ2) is 11.8. The number of anilines is 1. The van der Waals surface area contributed by atoms with Crippen LogP contribution in [0.15, 0.2) is 66.9 Å². The van der Waals surface area contributed by atoms with E-state index in [2.05, 4.69) is 10.1 Å². The standard InChI is InChI=1S/C30H23ClF3N5O5/c31-25-19(13-35)23(38-12-11-30(33,34)16-38)20-14-36-39(26(20)37-25)27-22(32)24(44-29(41)18-9-5-2-6-10-18)21(43-27)15-42-28(40)17-7-3-1-4-8-17/h1-10,14,21-22,24,27H,11-12,15-16H2/t21-,22+,24-,27-/m1/s1. The maximum Gasteiger partial charge on any atom is 0.338 e. The molecule has 0 aliphatic carbocycles. The van der Waals surface area contributed by atoms with E-state index in [-0.39, 0.29) is 45.1 Å². The van der Waals surface area contributed by atoms with Crippen LogP contribution in [0.5, 0.6) is 0 Å². The highest BCUT2D eigenvalue weighted by Gasteiger charge is 2.50. The van der Waals surface area contributed by atoms with Gasteiger partial charge in [-0.1, -0.05) is 48.0 Å². The predicted molar refractivity (Wildman–Crippen MR) is 150 cm³/mol. The van der Waals surface area contributed by atoms with Crippen LogP contribution in [0.1, 0.15) is 38.9 Å². The molecule has 4 heterocycles. The average molecular weight is 626 g/mol. The zero-order chi connectivity index (χ0) is 31.0. The van der Waals surface area contributed by atoms with Gasteiger partial charge in [0.25, 0.3) is 5.92 Å². The summed E-state index contributed by atoms with van der Waals surface area (Å²) < 4.78 is 62.4. The number of ether oxygens (including phenoxy) is 3. The highest BCUT2D eigenvalue weighted by atomic mass is 35.5. The van der Waals surface area contributed by atoms with Crippen molar-refractivity contribution in [2.24, 2.45) is 0 Å². The van der Waals surface area contributed by atoms with Gasteiger partial charge in [-0.05, 0) is 24.3 Å². The molecule has 10 nitrogen and oxygen atoms in total. The maximum absolute atomic E-state index is 16.2. The van der Waals surface area contributed by atoms with Gasteiger partial charge in [-0.3, -0.25) is 0 Å². The number of pyridine rings is 1. The summed E-state index contributed by atoms with van der Waals surface area (Å²) >= 11 is 6.32. The summed E-state index contributed by atoms with van der Waals surface area (Å²) in [4.78, 5) is 31.1. The van der Waals surface area contributed by atoms with Crippen LogP contribution < -0.4 is 4.90 Å². The number of hydrogen-bond acceptors (Lipinski definition) is 9. The van der Waals surface area contributed by atoms with Gasteiger partial charge in [-0.25, -0.2) is 32.4 Å². The van der Waals surface area contributed by atoms with Gasteiger partial charge < -0.3 is 19.1 Å². The molecule has 2 aliphatic heterocycles. The third kappa shape index (κ3) is 5.54. The Kier molecular flexibility index (Phi) is 7.87. The van der Waals surface area contributed by atoms with Crippen LogP contribution in [0.25, 0.3) is 11.0 Å². The van der Waals surface area contributed by atoms with Crippen molar-refractivity contribution < 1.29 is 37.0 Å². The highest BCUT2D eigenvalue weighted by Crippen LogP contribution is 2.41. The molecule has 0 unspecified atom stereocenters. The fourth-order valence-corrected chi connectivity index (χ4v) is 5.52. The van der Waals surface area contributed by atoms with Crippen molar-refractivity contribution in [3.05, 3.63) is 88.7 Å². The maximum atomic E-state index is 16.2. The molecule has 4 atom stereocenters. The number of benzene rings is 2. The first-order valence-corrected chi connectivity index (χ1v) is 13.9. The molecule has 0 saturated carbocycles. The Morgan fingerprint density at radius 2 is 1.75 bits per heavy atom. The van der Waals surface area contributed by atoms with E-state index in [0.717, 1.165) is 4.68 Å². The Morgan fingerprint density at radius 1 is 1.09 bits per heavy atom. The first-order valence-electron chi connectivity index (χ1n) is 13.5. The molecule has 2 saturated heterocycles. The minimum atomic E-state index is -2.98. The number of hydrogen-bond donors (Lipinski definition) is 0. The summed E-state index contributed by atoms with van der Waals surface area (Å²) in [7, 11) is 0. The van der Waals surface area contributed by atoms with Crippen molar-refractivity contribution in [1.29, 1.82) is 5.26 Å². The highest BCUT2D eigenvalue weighted by molar-refractivity contribution is 6.31. The molecule has 226 valence electrons. The Morgan fingerprint density at radius 3 is 2.36 bits per heavy atom. The minimum absolute atomic E-state index is 0.0399. The number of fused-ring (bicyclic) bond motifs is 1. The molecule has 44 heavy (non-hydrogen) atoms. The van der Waals surface area contributed by atoms with E-state index in [4.69, 9.17) is 25.8 Å². The molecule has 2 fully saturated rings. The molecular formula is C30H23ClF3N5O5. The third-order valence-electron chi connectivity index (χ3n) is 7.42. The van der Waals surface area contributed by atoms with Crippen LogP contribution >= 0.6 is 11.6 Å². The molecule has 6 rings (SSSR count). The predicted octanol–water partition coefficient (Wildman–Crippen LogP) is 5.12. The number of alkyl halides is 3. The first kappa shape index (κ1) is 29.4. The van der Waals surface area contributed by atoms with Crippen molar-refractivity contribution in [3.8, 4) is 6.07 Å². The number of halogens is 4. The quantitative estimate of drug-likeness (QED) is 0.204. The molecule has 0 bridgehead atoms. The zero-order valence-corrected chi connectivity index (χ0v) is 23.5. The average Bonchev–Trinajstić information content (AvgIpc) is 3.70. The van der Waals surface area contributed by atoms with Gasteiger partial charge >= 0.3 is 11.9 Å². The molecular weight excluding hydrogens is 603 g/mol. The smallest absolute Gasteiger partial charge is 0.338 e. The molecule has 2 aliphatic rings. The fourth-order valence-electron chi connectivity index (χ4n) is 5.30. The van der Waals surface area contributed by atoms with E-state index in [1.807, 2.05) is 6.07 Å². The van der Waals surface area contributed by atoms with Crippen LogP contribution in [-0.4, -0.2) is 70.7 Å². The summed E-state index contributed by atoms with van der Waals surface area (Å²) in [5.41, 5.74) is 0.349. The SMILES string of the molecule is N#Cc1c(Cl)nc2c(cnn2[C@@H]2O[C@H](COC(=O)c3ccccc3)[C@@H](OC(=O)c3ccccc3)[C@@H]2F)c1N1CCC(F)(F)C1. The van der Waals surface area contributed by atoms with Gasteiger partial charge in [-0.2, -0.15) is 10.4 Å². The summed E-state index contributed by atoms with van der Waals surface area (Å²) in [6.07, 6.45) is -5.56. The lowest BCUT2D eigenvalue weighted by Gasteiger charge is -2.21.